The zero-order chi connectivity index (χ0) is 27.0. The molecule has 3 aromatic rings. The lowest BCUT2D eigenvalue weighted by atomic mass is 10.2. The van der Waals surface area contributed by atoms with Gasteiger partial charge in [-0.3, -0.25) is 9.10 Å². The number of ether oxygens (including phenoxy) is 4. The van der Waals surface area contributed by atoms with Crippen molar-refractivity contribution in [1.82, 2.24) is 5.43 Å². The van der Waals surface area contributed by atoms with Crippen LogP contribution in [-0.4, -0.2) is 55.5 Å². The molecule has 0 aromatic heterocycles. The number of hydrazone groups is 1. The number of hydrogen-bond acceptors (Lipinski definition) is 8. The second kappa shape index (κ2) is 12.1. The van der Waals surface area contributed by atoms with E-state index in [-0.39, 0.29) is 4.90 Å². The van der Waals surface area contributed by atoms with Crippen molar-refractivity contribution in [2.45, 2.75) is 11.8 Å². The first-order chi connectivity index (χ1) is 17.7. The van der Waals surface area contributed by atoms with Crippen LogP contribution in [0.2, 0.25) is 0 Å². The molecule has 0 fully saturated rings. The number of carbonyl (C=O) groups is 1. The Balaban J connectivity index is 1.84. The van der Waals surface area contributed by atoms with Gasteiger partial charge in [-0.25, -0.2) is 13.8 Å². The maximum atomic E-state index is 13.5. The third-order valence-corrected chi connectivity index (χ3v) is 7.13. The molecule has 0 aliphatic heterocycles. The van der Waals surface area contributed by atoms with Gasteiger partial charge in [0.25, 0.3) is 15.9 Å². The molecule has 0 aliphatic rings. The van der Waals surface area contributed by atoms with E-state index in [0.29, 0.717) is 34.2 Å². The number of benzene rings is 3. The average Bonchev–Trinajstić information content (AvgIpc) is 2.91. The van der Waals surface area contributed by atoms with Crippen LogP contribution >= 0.6 is 0 Å². The number of aryl methyl sites for hydroxylation is 1. The highest BCUT2D eigenvalue weighted by Crippen LogP contribution is 2.37. The summed E-state index contributed by atoms with van der Waals surface area (Å²) >= 11 is 0. The summed E-state index contributed by atoms with van der Waals surface area (Å²) in [5.41, 5.74) is 4.23. The molecular weight excluding hydrogens is 498 g/mol. The summed E-state index contributed by atoms with van der Waals surface area (Å²) in [6, 6.07) is 16.1. The van der Waals surface area contributed by atoms with Crippen molar-refractivity contribution >= 4 is 27.8 Å². The Kier molecular flexibility index (Phi) is 8.96. The minimum absolute atomic E-state index is 0.0163. The summed E-state index contributed by atoms with van der Waals surface area (Å²) in [7, 11) is 1.89. The number of hydrogen-bond donors (Lipinski definition) is 1. The van der Waals surface area contributed by atoms with Gasteiger partial charge in [0.1, 0.15) is 12.3 Å². The van der Waals surface area contributed by atoms with Gasteiger partial charge in [0.05, 0.1) is 45.2 Å². The monoisotopic (exact) mass is 527 g/mol. The molecule has 0 saturated heterocycles. The lowest BCUT2D eigenvalue weighted by Crippen LogP contribution is -2.39. The molecule has 0 unspecified atom stereocenters. The van der Waals surface area contributed by atoms with E-state index in [1.165, 1.54) is 46.8 Å². The van der Waals surface area contributed by atoms with Crippen molar-refractivity contribution in [1.29, 1.82) is 0 Å². The molecule has 3 aromatic carbocycles. The number of amides is 1. The largest absolute Gasteiger partial charge is 0.497 e. The van der Waals surface area contributed by atoms with E-state index in [1.807, 2.05) is 6.92 Å². The zero-order valence-corrected chi connectivity index (χ0v) is 22.0. The Morgan fingerprint density at radius 1 is 0.892 bits per heavy atom. The average molecular weight is 528 g/mol. The minimum Gasteiger partial charge on any atom is -0.497 e. The van der Waals surface area contributed by atoms with E-state index in [1.54, 1.807) is 48.5 Å². The van der Waals surface area contributed by atoms with Gasteiger partial charge in [-0.1, -0.05) is 17.7 Å². The number of nitrogens with zero attached hydrogens (tertiary/aromatic N) is 2. The Labute approximate surface area is 216 Å². The van der Waals surface area contributed by atoms with Crippen LogP contribution in [0, 0.1) is 6.92 Å². The van der Waals surface area contributed by atoms with E-state index in [0.717, 1.165) is 9.87 Å². The third kappa shape index (κ3) is 6.50. The summed E-state index contributed by atoms with van der Waals surface area (Å²) < 4.78 is 49.0. The molecule has 0 spiro atoms. The number of nitrogens with one attached hydrogen (secondary N) is 1. The molecular formula is C26H29N3O7S. The summed E-state index contributed by atoms with van der Waals surface area (Å²) in [6.07, 6.45) is 1.39. The van der Waals surface area contributed by atoms with Crippen molar-refractivity contribution in [3.63, 3.8) is 0 Å². The molecule has 0 saturated carbocycles. The van der Waals surface area contributed by atoms with Crippen LogP contribution in [0.3, 0.4) is 0 Å². The Hall–Kier alpha value is -4.25. The fourth-order valence-corrected chi connectivity index (χ4v) is 4.84. The van der Waals surface area contributed by atoms with Crippen molar-refractivity contribution in [3.05, 3.63) is 71.8 Å². The normalized spacial score (nSPS) is 11.2. The predicted octanol–water partition coefficient (Wildman–Crippen LogP) is 3.38. The van der Waals surface area contributed by atoms with Crippen LogP contribution in [0.4, 0.5) is 5.69 Å². The first kappa shape index (κ1) is 27.3. The number of sulfonamides is 1. The highest BCUT2D eigenvalue weighted by molar-refractivity contribution is 7.92. The standard InChI is InChI=1S/C26H29N3O7S/c1-18-6-8-20(9-7-18)29(37(31,32)22-12-10-21(33-2)11-13-22)17-25(30)28-27-16-19-14-23(34-3)26(36-5)24(15-19)35-4/h6-16H,17H2,1-5H3,(H,28,30)/b27-16+. The highest BCUT2D eigenvalue weighted by atomic mass is 32.2. The summed E-state index contributed by atoms with van der Waals surface area (Å²) in [4.78, 5) is 12.8. The fraction of sp³-hybridized carbons (Fsp3) is 0.231. The van der Waals surface area contributed by atoms with Gasteiger partial charge in [-0.05, 0) is 55.5 Å². The van der Waals surface area contributed by atoms with E-state index in [9.17, 15) is 13.2 Å². The van der Waals surface area contributed by atoms with Crippen LogP contribution < -0.4 is 28.7 Å². The molecule has 3 rings (SSSR count). The minimum atomic E-state index is -4.07. The first-order valence-electron chi connectivity index (χ1n) is 11.1. The van der Waals surface area contributed by atoms with Crippen molar-refractivity contribution in [3.8, 4) is 23.0 Å². The number of carbonyl (C=O) groups excluding carboxylic acids is 1. The SMILES string of the molecule is COc1ccc(S(=O)(=O)N(CC(=O)N/N=C/c2cc(OC)c(OC)c(OC)c2)c2ccc(C)cc2)cc1. The van der Waals surface area contributed by atoms with Crippen molar-refractivity contribution < 1.29 is 32.2 Å². The number of methoxy groups -OCH3 is 4. The maximum absolute atomic E-state index is 13.5. The molecule has 0 heterocycles. The first-order valence-corrected chi connectivity index (χ1v) is 12.5. The second-order valence-corrected chi connectivity index (χ2v) is 9.64. The van der Waals surface area contributed by atoms with Gasteiger partial charge < -0.3 is 18.9 Å². The molecule has 0 atom stereocenters. The molecule has 37 heavy (non-hydrogen) atoms. The van der Waals surface area contributed by atoms with Crippen LogP contribution in [0.15, 0.2) is 70.7 Å². The van der Waals surface area contributed by atoms with E-state index in [4.69, 9.17) is 18.9 Å². The third-order valence-electron chi connectivity index (χ3n) is 5.35. The molecule has 10 nitrogen and oxygen atoms in total. The Morgan fingerprint density at radius 2 is 1.49 bits per heavy atom. The smallest absolute Gasteiger partial charge is 0.264 e. The fourth-order valence-electron chi connectivity index (χ4n) is 3.42. The lowest BCUT2D eigenvalue weighted by molar-refractivity contribution is -0.119. The summed E-state index contributed by atoms with van der Waals surface area (Å²) in [5, 5.41) is 3.97. The summed E-state index contributed by atoms with van der Waals surface area (Å²) in [6.45, 7) is 1.39. The Morgan fingerprint density at radius 3 is 2.00 bits per heavy atom. The molecule has 0 aliphatic carbocycles. The van der Waals surface area contributed by atoms with Crippen LogP contribution in [0.5, 0.6) is 23.0 Å². The van der Waals surface area contributed by atoms with Gasteiger partial charge in [0.2, 0.25) is 5.75 Å². The van der Waals surface area contributed by atoms with Crippen LogP contribution in [-0.2, 0) is 14.8 Å². The zero-order valence-electron chi connectivity index (χ0n) is 21.2. The maximum Gasteiger partial charge on any atom is 0.264 e. The topological polar surface area (TPSA) is 116 Å². The molecule has 11 heteroatoms. The molecule has 1 amide bonds. The van der Waals surface area contributed by atoms with Gasteiger partial charge in [-0.2, -0.15) is 5.10 Å². The van der Waals surface area contributed by atoms with E-state index < -0.39 is 22.5 Å². The van der Waals surface area contributed by atoms with Crippen molar-refractivity contribution in [2.75, 3.05) is 39.3 Å². The van der Waals surface area contributed by atoms with Crippen LogP contribution in [0.25, 0.3) is 0 Å². The van der Waals surface area contributed by atoms with Crippen molar-refractivity contribution in [2.24, 2.45) is 5.10 Å². The summed E-state index contributed by atoms with van der Waals surface area (Å²) in [5.74, 6) is 1.14. The molecule has 1 N–H and O–H groups in total. The van der Waals surface area contributed by atoms with Gasteiger partial charge >= 0.3 is 0 Å². The Bertz CT molecular complexity index is 1330. The van der Waals surface area contributed by atoms with Gasteiger partial charge in [-0.15, -0.1) is 0 Å². The van der Waals surface area contributed by atoms with Gasteiger partial charge in [0, 0.05) is 5.56 Å². The van der Waals surface area contributed by atoms with Crippen LogP contribution in [0.1, 0.15) is 11.1 Å². The van der Waals surface area contributed by atoms with E-state index in [2.05, 4.69) is 10.5 Å². The molecule has 0 radical (unpaired) electrons. The quantitative estimate of drug-likeness (QED) is 0.300. The van der Waals surface area contributed by atoms with E-state index >= 15 is 0 Å². The van der Waals surface area contributed by atoms with Gasteiger partial charge in [0.15, 0.2) is 11.5 Å². The number of rotatable bonds is 11. The number of anilines is 1. The lowest BCUT2D eigenvalue weighted by Gasteiger charge is -2.24. The second-order valence-electron chi connectivity index (χ2n) is 7.77. The predicted molar refractivity (Wildman–Crippen MR) is 141 cm³/mol. The molecule has 0 bridgehead atoms. The molecule has 196 valence electrons. The highest BCUT2D eigenvalue weighted by Gasteiger charge is 2.27.